The molecule has 2 aromatic heterocycles. The molecule has 11 heteroatoms. The molecular weight excluding hydrogens is 428 g/mol. The Morgan fingerprint density at radius 1 is 0.964 bits per heavy atom. The second-order valence-electron chi connectivity index (χ2n) is 5.76. The van der Waals surface area contributed by atoms with Gasteiger partial charge in [0.25, 0.3) is 0 Å². The summed E-state index contributed by atoms with van der Waals surface area (Å²) in [5.74, 6) is 0. The van der Waals surface area contributed by atoms with Crippen molar-refractivity contribution in [2.45, 2.75) is 18.7 Å². The van der Waals surface area contributed by atoms with Crippen molar-refractivity contribution in [2.75, 3.05) is 0 Å². The van der Waals surface area contributed by atoms with Crippen LogP contribution in [0.1, 0.15) is 11.4 Å². The van der Waals surface area contributed by atoms with E-state index in [0.29, 0.717) is 0 Å². The van der Waals surface area contributed by atoms with Crippen molar-refractivity contribution in [1.82, 2.24) is 0 Å². The molecule has 3 aromatic rings. The molecule has 28 heavy (non-hydrogen) atoms. The average Bonchev–Trinajstić information content (AvgIpc) is 3.06. The van der Waals surface area contributed by atoms with Gasteiger partial charge in [-0.2, -0.15) is 4.57 Å². The molecule has 0 spiro atoms. The number of rotatable bonds is 3. The summed E-state index contributed by atoms with van der Waals surface area (Å²) in [5, 5.41) is 7.21. The zero-order valence-corrected chi connectivity index (χ0v) is 17.3. The molecule has 150 valence electrons. The quantitative estimate of drug-likeness (QED) is 0.469. The summed E-state index contributed by atoms with van der Waals surface area (Å²) in [6, 6.07) is 15.0. The Bertz CT molecular complexity index is 1020. The van der Waals surface area contributed by atoms with Gasteiger partial charge in [-0.15, -0.1) is 21.6 Å². The molecule has 2 N–H and O–H groups in total. The third kappa shape index (κ3) is 6.33. The summed E-state index contributed by atoms with van der Waals surface area (Å²) in [4.78, 5) is 1.35. The second kappa shape index (κ2) is 8.64. The Labute approximate surface area is 168 Å². The maximum absolute atomic E-state index is 11.4. The molecule has 3 rings (SSSR count). The molecule has 0 radical (unpaired) electrons. The Hall–Kier alpha value is -1.89. The first kappa shape index (κ1) is 22.4. The van der Waals surface area contributed by atoms with Gasteiger partial charge < -0.3 is 0 Å². The highest BCUT2D eigenvalue weighted by Crippen LogP contribution is 2.25. The number of benzene rings is 1. The molecule has 0 bridgehead atoms. The third-order valence-electron chi connectivity index (χ3n) is 3.66. The highest BCUT2D eigenvalue weighted by Gasteiger charge is 2.18. The molecule has 1 aromatic carbocycles. The average molecular weight is 445 g/mol. The van der Waals surface area contributed by atoms with E-state index in [1.54, 1.807) is 23.5 Å². The van der Waals surface area contributed by atoms with Crippen LogP contribution in [0.15, 0.2) is 58.8 Å². The van der Waals surface area contributed by atoms with Gasteiger partial charge in [0.1, 0.15) is 0 Å². The van der Waals surface area contributed by atoms with E-state index in [9.17, 15) is 8.42 Å². The third-order valence-corrected chi connectivity index (χ3v) is 5.51. The molecule has 2 heterocycles. The molecule has 0 aliphatic heterocycles. The standard InChI is InChI=1S/C17H17N2O2S2.ClHO4/c1-12-10-14(17-4-3-9-22-17)11-13(2)19(12)15-5-7-16(8-6-15)23(18,20)21;2-1(3,4)5/h3-11H,1-2H3,(H2,18,20,21);(H,2,3,4,5)/q+1;/p-1. The van der Waals surface area contributed by atoms with Crippen molar-refractivity contribution in [2.24, 2.45) is 5.14 Å². The number of hydrogen-bond acceptors (Lipinski definition) is 7. The molecule has 0 atom stereocenters. The normalized spacial score (nSPS) is 11.7. The number of thiophene rings is 1. The van der Waals surface area contributed by atoms with Crippen molar-refractivity contribution in [3.05, 3.63) is 65.3 Å². The van der Waals surface area contributed by atoms with E-state index < -0.39 is 20.3 Å². The number of aryl methyl sites for hydroxylation is 2. The van der Waals surface area contributed by atoms with Crippen molar-refractivity contribution in [3.63, 3.8) is 0 Å². The zero-order valence-electron chi connectivity index (χ0n) is 14.9. The molecule has 0 saturated carbocycles. The summed E-state index contributed by atoms with van der Waals surface area (Å²) in [5.41, 5.74) is 4.26. The van der Waals surface area contributed by atoms with Gasteiger partial charge in [-0.05, 0) is 23.6 Å². The molecule has 8 nitrogen and oxygen atoms in total. The molecule has 0 aliphatic carbocycles. The van der Waals surface area contributed by atoms with E-state index in [4.69, 9.17) is 23.8 Å². The largest absolute Gasteiger partial charge is 0.238 e. The number of halogens is 1. The summed E-state index contributed by atoms with van der Waals surface area (Å²) < 4.78 is 58.8. The fourth-order valence-corrected chi connectivity index (χ4v) is 3.91. The number of hydrogen-bond donors (Lipinski definition) is 1. The summed E-state index contributed by atoms with van der Waals surface area (Å²) in [7, 11) is -8.61. The number of nitrogens with two attached hydrogens (primary N) is 1. The van der Waals surface area contributed by atoms with Crippen LogP contribution in [0.5, 0.6) is 0 Å². The van der Waals surface area contributed by atoms with Crippen LogP contribution in [0, 0.1) is 24.1 Å². The molecular formula is C17H17ClN2O6S2. The Balaban J connectivity index is 0.000000500. The first-order valence-corrected chi connectivity index (χ1v) is 11.3. The van der Waals surface area contributed by atoms with E-state index in [1.165, 1.54) is 22.6 Å². The maximum Gasteiger partial charge on any atom is 0.238 e. The number of primary sulfonamides is 1. The lowest BCUT2D eigenvalue weighted by atomic mass is 10.1. The number of pyridine rings is 1. The minimum atomic E-state index is -4.94. The number of sulfonamides is 1. The van der Waals surface area contributed by atoms with Crippen molar-refractivity contribution in [3.8, 4) is 16.1 Å². The SMILES string of the molecule is Cc1cc(-c2cccs2)cc(C)[n+]1-c1ccc(S(N)(=O)=O)cc1.[O-][Cl+3]([O-])([O-])[O-]. The lowest BCUT2D eigenvalue weighted by Gasteiger charge is -2.17. The van der Waals surface area contributed by atoms with Crippen LogP contribution in [-0.4, -0.2) is 8.42 Å². The van der Waals surface area contributed by atoms with E-state index >= 15 is 0 Å². The lowest BCUT2D eigenvalue weighted by Crippen LogP contribution is -2.68. The van der Waals surface area contributed by atoms with Gasteiger partial charge in [-0.25, -0.2) is 32.2 Å². The van der Waals surface area contributed by atoms with Gasteiger partial charge in [0.05, 0.1) is 4.90 Å². The van der Waals surface area contributed by atoms with E-state index in [1.807, 2.05) is 19.9 Å². The van der Waals surface area contributed by atoms with Crippen molar-refractivity contribution >= 4 is 21.4 Å². The van der Waals surface area contributed by atoms with E-state index in [2.05, 4.69) is 28.1 Å². The van der Waals surface area contributed by atoms with E-state index in [0.717, 1.165) is 17.1 Å². The van der Waals surface area contributed by atoms with Crippen LogP contribution in [0.25, 0.3) is 16.1 Å². The number of nitrogens with zero attached hydrogens (tertiary/aromatic N) is 1. The molecule has 0 amide bonds. The highest BCUT2D eigenvalue weighted by molar-refractivity contribution is 7.89. The lowest BCUT2D eigenvalue weighted by molar-refractivity contribution is -2.00. The maximum atomic E-state index is 11.4. The number of aromatic nitrogens is 1. The topological polar surface area (TPSA) is 156 Å². The first-order valence-electron chi connectivity index (χ1n) is 7.68. The van der Waals surface area contributed by atoms with Gasteiger partial charge in [-0.1, -0.05) is 6.07 Å². The molecule has 0 aliphatic rings. The Kier molecular flexibility index (Phi) is 6.91. The summed E-state index contributed by atoms with van der Waals surface area (Å²) in [6.07, 6.45) is 0. The minimum absolute atomic E-state index is 0.118. The van der Waals surface area contributed by atoms with Crippen LogP contribution in [0.4, 0.5) is 0 Å². The van der Waals surface area contributed by atoms with Crippen LogP contribution in [0.3, 0.4) is 0 Å². The van der Waals surface area contributed by atoms with Crippen LogP contribution in [0.2, 0.25) is 0 Å². The van der Waals surface area contributed by atoms with Gasteiger partial charge in [0, 0.05) is 48.6 Å². The zero-order chi connectivity index (χ0) is 21.1. The molecule has 0 saturated heterocycles. The van der Waals surface area contributed by atoms with Gasteiger partial charge in [-0.3, -0.25) is 0 Å². The molecule has 0 fully saturated rings. The predicted octanol–water partition coefficient (Wildman–Crippen LogP) is -1.80. The predicted molar refractivity (Wildman–Crippen MR) is 92.1 cm³/mol. The van der Waals surface area contributed by atoms with Crippen LogP contribution >= 0.6 is 11.3 Å². The molecule has 0 unspecified atom stereocenters. The van der Waals surface area contributed by atoms with Gasteiger partial charge in [0.2, 0.25) is 15.7 Å². The van der Waals surface area contributed by atoms with Crippen LogP contribution < -0.4 is 28.3 Å². The van der Waals surface area contributed by atoms with Crippen LogP contribution in [-0.2, 0) is 10.0 Å². The second-order valence-corrected chi connectivity index (χ2v) is 9.02. The first-order chi connectivity index (χ1) is 12.9. The minimum Gasteiger partial charge on any atom is -0.225 e. The fourth-order valence-electron chi connectivity index (χ4n) is 2.68. The van der Waals surface area contributed by atoms with E-state index in [-0.39, 0.29) is 4.90 Å². The van der Waals surface area contributed by atoms with Gasteiger partial charge >= 0.3 is 0 Å². The van der Waals surface area contributed by atoms with Gasteiger partial charge in [0.15, 0.2) is 11.4 Å². The van der Waals surface area contributed by atoms with Crippen molar-refractivity contribution < 1.29 is 41.9 Å². The fraction of sp³-hybridized carbons (Fsp3) is 0.118. The summed E-state index contributed by atoms with van der Waals surface area (Å²) >= 11 is 1.71. The monoisotopic (exact) mass is 444 g/mol. The highest BCUT2D eigenvalue weighted by atomic mass is 35.7. The van der Waals surface area contributed by atoms with Crippen molar-refractivity contribution in [1.29, 1.82) is 0 Å². The Morgan fingerprint density at radius 2 is 1.46 bits per heavy atom. The Morgan fingerprint density at radius 3 is 1.86 bits per heavy atom. The smallest absolute Gasteiger partial charge is 0.225 e. The summed E-state index contributed by atoms with van der Waals surface area (Å²) in [6.45, 7) is 4.08.